The molecule has 0 heterocycles. The van der Waals surface area contributed by atoms with E-state index in [1.807, 2.05) is 13.8 Å². The molecule has 0 unspecified atom stereocenters. The standard InChI is InChI=1S/C14H21F3N2/c1-4-8-18-10-11-6-7-12(19(3)5-2)9-13(11)14(15,16)17/h6-7,9,18H,4-5,8,10H2,1-3H3. The molecule has 0 fully saturated rings. The zero-order valence-corrected chi connectivity index (χ0v) is 11.6. The van der Waals surface area contributed by atoms with E-state index >= 15 is 0 Å². The van der Waals surface area contributed by atoms with Crippen molar-refractivity contribution in [1.82, 2.24) is 5.32 Å². The summed E-state index contributed by atoms with van der Waals surface area (Å²) in [5, 5.41) is 3.01. The fraction of sp³-hybridized carbons (Fsp3) is 0.571. The second-order valence-corrected chi connectivity index (χ2v) is 4.53. The molecule has 5 heteroatoms. The lowest BCUT2D eigenvalue weighted by atomic mass is 10.1. The van der Waals surface area contributed by atoms with E-state index in [0.29, 0.717) is 24.3 Å². The largest absolute Gasteiger partial charge is 0.416 e. The molecule has 0 aliphatic heterocycles. The number of nitrogens with zero attached hydrogens (tertiary/aromatic N) is 1. The third-order valence-electron chi connectivity index (χ3n) is 3.06. The number of halogens is 3. The predicted molar refractivity (Wildman–Crippen MR) is 72.4 cm³/mol. The molecule has 1 aromatic carbocycles. The van der Waals surface area contributed by atoms with Crippen molar-refractivity contribution in [3.63, 3.8) is 0 Å². The summed E-state index contributed by atoms with van der Waals surface area (Å²) in [5.41, 5.74) is 0.345. The summed E-state index contributed by atoms with van der Waals surface area (Å²) >= 11 is 0. The molecule has 0 aliphatic carbocycles. The average Bonchev–Trinajstić information content (AvgIpc) is 2.37. The maximum atomic E-state index is 13.1. The fourth-order valence-corrected chi connectivity index (χ4v) is 1.80. The molecule has 1 aromatic rings. The van der Waals surface area contributed by atoms with E-state index in [0.717, 1.165) is 6.42 Å². The number of benzene rings is 1. The fourth-order valence-electron chi connectivity index (χ4n) is 1.80. The Morgan fingerprint density at radius 2 is 1.89 bits per heavy atom. The van der Waals surface area contributed by atoms with E-state index in [9.17, 15) is 13.2 Å². The molecule has 0 spiro atoms. The van der Waals surface area contributed by atoms with Gasteiger partial charge in [0.1, 0.15) is 0 Å². The number of nitrogens with one attached hydrogen (secondary N) is 1. The maximum Gasteiger partial charge on any atom is 0.416 e. The molecule has 0 bridgehead atoms. The average molecular weight is 274 g/mol. The summed E-state index contributed by atoms with van der Waals surface area (Å²) in [4.78, 5) is 1.79. The van der Waals surface area contributed by atoms with Crippen molar-refractivity contribution in [2.24, 2.45) is 0 Å². The summed E-state index contributed by atoms with van der Waals surface area (Å²) in [6.07, 6.45) is -3.41. The predicted octanol–water partition coefficient (Wildman–Crippen LogP) is 3.66. The SMILES string of the molecule is CCCNCc1ccc(N(C)CC)cc1C(F)(F)F. The van der Waals surface area contributed by atoms with Crippen molar-refractivity contribution in [2.75, 3.05) is 25.0 Å². The normalized spacial score (nSPS) is 11.7. The highest BCUT2D eigenvalue weighted by Gasteiger charge is 2.33. The lowest BCUT2D eigenvalue weighted by Crippen LogP contribution is -2.20. The molecular weight excluding hydrogens is 253 g/mol. The smallest absolute Gasteiger partial charge is 0.375 e. The number of hydrogen-bond acceptors (Lipinski definition) is 2. The van der Waals surface area contributed by atoms with Crippen LogP contribution in [0.15, 0.2) is 18.2 Å². The highest BCUT2D eigenvalue weighted by atomic mass is 19.4. The molecule has 0 atom stereocenters. The van der Waals surface area contributed by atoms with Crippen LogP contribution in [-0.4, -0.2) is 20.1 Å². The van der Waals surface area contributed by atoms with Gasteiger partial charge in [0.15, 0.2) is 0 Å². The molecule has 0 saturated carbocycles. The van der Waals surface area contributed by atoms with Crippen molar-refractivity contribution in [3.05, 3.63) is 29.3 Å². The van der Waals surface area contributed by atoms with Gasteiger partial charge in [-0.1, -0.05) is 13.0 Å². The number of anilines is 1. The summed E-state index contributed by atoms with van der Waals surface area (Å²) in [6.45, 7) is 5.53. The first-order chi connectivity index (χ1) is 8.90. The summed E-state index contributed by atoms with van der Waals surface area (Å²) in [6, 6.07) is 4.53. The zero-order chi connectivity index (χ0) is 14.5. The minimum Gasteiger partial charge on any atom is -0.375 e. The minimum absolute atomic E-state index is 0.249. The van der Waals surface area contributed by atoms with Gasteiger partial charge >= 0.3 is 6.18 Å². The van der Waals surface area contributed by atoms with E-state index in [2.05, 4.69) is 5.32 Å². The molecule has 2 nitrogen and oxygen atoms in total. The van der Waals surface area contributed by atoms with E-state index in [-0.39, 0.29) is 6.54 Å². The van der Waals surface area contributed by atoms with Gasteiger partial charge in [0.2, 0.25) is 0 Å². The molecule has 0 amide bonds. The first kappa shape index (κ1) is 15.8. The molecule has 108 valence electrons. The van der Waals surface area contributed by atoms with Crippen molar-refractivity contribution >= 4 is 5.69 Å². The minimum atomic E-state index is -4.31. The lowest BCUT2D eigenvalue weighted by molar-refractivity contribution is -0.138. The van der Waals surface area contributed by atoms with Gasteiger partial charge in [0.25, 0.3) is 0 Å². The van der Waals surface area contributed by atoms with Gasteiger partial charge in [0, 0.05) is 25.8 Å². The quantitative estimate of drug-likeness (QED) is 0.796. The highest BCUT2D eigenvalue weighted by molar-refractivity contribution is 5.51. The topological polar surface area (TPSA) is 15.3 Å². The molecule has 1 rings (SSSR count). The van der Waals surface area contributed by atoms with Crippen LogP contribution in [0.4, 0.5) is 18.9 Å². The van der Waals surface area contributed by atoms with Crippen molar-refractivity contribution in [3.8, 4) is 0 Å². The Hall–Kier alpha value is -1.23. The molecular formula is C14H21F3N2. The van der Waals surface area contributed by atoms with Crippen LogP contribution in [0.3, 0.4) is 0 Å². The number of alkyl halides is 3. The summed E-state index contributed by atoms with van der Waals surface area (Å²) in [7, 11) is 1.78. The van der Waals surface area contributed by atoms with E-state index in [1.165, 1.54) is 6.07 Å². The summed E-state index contributed by atoms with van der Waals surface area (Å²) < 4.78 is 39.2. The molecule has 0 aromatic heterocycles. The van der Waals surface area contributed by atoms with E-state index < -0.39 is 11.7 Å². The van der Waals surface area contributed by atoms with Crippen LogP contribution in [0.2, 0.25) is 0 Å². The summed E-state index contributed by atoms with van der Waals surface area (Å²) in [5.74, 6) is 0. The van der Waals surface area contributed by atoms with Gasteiger partial charge in [-0.2, -0.15) is 13.2 Å². The Kier molecular flexibility index (Phi) is 5.66. The third kappa shape index (κ3) is 4.42. The van der Waals surface area contributed by atoms with Gasteiger partial charge in [-0.15, -0.1) is 0 Å². The monoisotopic (exact) mass is 274 g/mol. The highest BCUT2D eigenvalue weighted by Crippen LogP contribution is 2.34. The second-order valence-electron chi connectivity index (χ2n) is 4.53. The second kappa shape index (κ2) is 6.80. The lowest BCUT2D eigenvalue weighted by Gasteiger charge is -2.20. The van der Waals surface area contributed by atoms with Gasteiger partial charge in [-0.3, -0.25) is 0 Å². The Bertz CT molecular complexity index is 402. The molecule has 19 heavy (non-hydrogen) atoms. The van der Waals surface area contributed by atoms with Crippen LogP contribution >= 0.6 is 0 Å². The van der Waals surface area contributed by atoms with Crippen LogP contribution in [0.25, 0.3) is 0 Å². The first-order valence-electron chi connectivity index (χ1n) is 6.52. The molecule has 0 aliphatic rings. The van der Waals surface area contributed by atoms with Crippen LogP contribution in [0.1, 0.15) is 31.4 Å². The Labute approximate surface area is 112 Å². The van der Waals surface area contributed by atoms with Gasteiger partial charge in [0.05, 0.1) is 5.56 Å². The zero-order valence-electron chi connectivity index (χ0n) is 11.6. The van der Waals surface area contributed by atoms with Gasteiger partial charge in [-0.25, -0.2) is 0 Å². The maximum absolute atomic E-state index is 13.1. The van der Waals surface area contributed by atoms with E-state index in [4.69, 9.17) is 0 Å². The number of rotatable bonds is 6. The van der Waals surface area contributed by atoms with Crippen LogP contribution in [0, 0.1) is 0 Å². The van der Waals surface area contributed by atoms with E-state index in [1.54, 1.807) is 24.1 Å². The Morgan fingerprint density at radius 3 is 2.42 bits per heavy atom. The van der Waals surface area contributed by atoms with Crippen LogP contribution in [-0.2, 0) is 12.7 Å². The molecule has 1 N–H and O–H groups in total. The Morgan fingerprint density at radius 1 is 1.21 bits per heavy atom. The number of hydrogen-bond donors (Lipinski definition) is 1. The van der Waals surface area contributed by atoms with Gasteiger partial charge < -0.3 is 10.2 Å². The van der Waals surface area contributed by atoms with Crippen LogP contribution < -0.4 is 10.2 Å². The third-order valence-corrected chi connectivity index (χ3v) is 3.06. The van der Waals surface area contributed by atoms with Crippen molar-refractivity contribution < 1.29 is 13.2 Å². The molecule has 0 radical (unpaired) electrons. The van der Waals surface area contributed by atoms with Gasteiger partial charge in [-0.05, 0) is 37.6 Å². The van der Waals surface area contributed by atoms with Crippen LogP contribution in [0.5, 0.6) is 0 Å². The molecule has 0 saturated heterocycles. The van der Waals surface area contributed by atoms with Crippen molar-refractivity contribution in [1.29, 1.82) is 0 Å². The first-order valence-corrected chi connectivity index (χ1v) is 6.52. The van der Waals surface area contributed by atoms with Crippen molar-refractivity contribution in [2.45, 2.75) is 33.0 Å². The Balaban J connectivity index is 3.03.